The normalized spacial score (nSPS) is 17.9. The predicted octanol–water partition coefficient (Wildman–Crippen LogP) is 3.00. The van der Waals surface area contributed by atoms with Crippen molar-refractivity contribution in [2.45, 2.75) is 32.7 Å². The van der Waals surface area contributed by atoms with Crippen LogP contribution in [0.4, 0.5) is 0 Å². The molecule has 3 aromatic rings. The van der Waals surface area contributed by atoms with Crippen LogP contribution < -0.4 is 10.9 Å². The molecule has 0 fully saturated rings. The standard InChI is InChI=1S/C21H22N4O2/c1-21(2)10-17(24-20(27)14-8-9-19(26)22-12-14)16-13-23-25(18(16)11-21)15-6-4-3-5-7-15/h3-9,12-13,17H,10-11H2,1-2H3,(H,22,26)(H,24,27)/t17-/m0/s1. The van der Waals surface area contributed by atoms with Crippen molar-refractivity contribution in [1.29, 1.82) is 0 Å². The van der Waals surface area contributed by atoms with E-state index in [4.69, 9.17) is 0 Å². The molecule has 1 atom stereocenters. The van der Waals surface area contributed by atoms with Crippen LogP contribution in [0.1, 0.15) is 47.9 Å². The van der Waals surface area contributed by atoms with Gasteiger partial charge in [0.1, 0.15) is 0 Å². The molecule has 0 unspecified atom stereocenters. The molecule has 0 saturated carbocycles. The van der Waals surface area contributed by atoms with Crippen LogP contribution in [0.3, 0.4) is 0 Å². The van der Waals surface area contributed by atoms with Crippen molar-refractivity contribution < 1.29 is 4.79 Å². The van der Waals surface area contributed by atoms with Gasteiger partial charge < -0.3 is 10.3 Å². The van der Waals surface area contributed by atoms with Gasteiger partial charge in [0.25, 0.3) is 5.91 Å². The number of carbonyl (C=O) groups excluding carboxylic acids is 1. The summed E-state index contributed by atoms with van der Waals surface area (Å²) >= 11 is 0. The van der Waals surface area contributed by atoms with E-state index in [0.717, 1.165) is 29.8 Å². The lowest BCUT2D eigenvalue weighted by Crippen LogP contribution is -2.37. The van der Waals surface area contributed by atoms with Gasteiger partial charge in [0, 0.05) is 17.8 Å². The summed E-state index contributed by atoms with van der Waals surface area (Å²) in [6.45, 7) is 4.41. The van der Waals surface area contributed by atoms with Crippen molar-refractivity contribution in [3.05, 3.63) is 82.0 Å². The fourth-order valence-corrected chi connectivity index (χ4v) is 3.76. The van der Waals surface area contributed by atoms with Crippen LogP contribution in [0.2, 0.25) is 0 Å². The van der Waals surface area contributed by atoms with Gasteiger partial charge in [-0.1, -0.05) is 32.0 Å². The lowest BCUT2D eigenvalue weighted by molar-refractivity contribution is 0.0919. The predicted molar refractivity (Wildman–Crippen MR) is 103 cm³/mol. The molecule has 0 spiro atoms. The maximum absolute atomic E-state index is 12.7. The van der Waals surface area contributed by atoms with Crippen molar-refractivity contribution in [2.75, 3.05) is 0 Å². The van der Waals surface area contributed by atoms with Gasteiger partial charge in [0.05, 0.1) is 29.2 Å². The number of benzene rings is 1. The third-order valence-electron chi connectivity index (χ3n) is 5.03. The van der Waals surface area contributed by atoms with Gasteiger partial charge in [-0.3, -0.25) is 9.59 Å². The Hall–Kier alpha value is -3.15. The quantitative estimate of drug-likeness (QED) is 0.752. The molecule has 1 aliphatic carbocycles. The number of H-pyrrole nitrogens is 1. The van der Waals surface area contributed by atoms with E-state index in [-0.39, 0.29) is 22.9 Å². The van der Waals surface area contributed by atoms with E-state index in [1.54, 1.807) is 0 Å². The van der Waals surface area contributed by atoms with Crippen LogP contribution in [0, 0.1) is 5.41 Å². The Labute approximate surface area is 157 Å². The minimum absolute atomic E-state index is 0.0303. The molecule has 6 heteroatoms. The Morgan fingerprint density at radius 1 is 1.22 bits per heavy atom. The minimum atomic E-state index is -0.225. The van der Waals surface area contributed by atoms with E-state index in [1.807, 2.05) is 41.2 Å². The Morgan fingerprint density at radius 2 is 2.00 bits per heavy atom. The highest BCUT2D eigenvalue weighted by Crippen LogP contribution is 2.41. The summed E-state index contributed by atoms with van der Waals surface area (Å²) in [5.74, 6) is -0.202. The fraction of sp³-hybridized carbons (Fsp3) is 0.286. The van der Waals surface area contributed by atoms with Gasteiger partial charge in [0.15, 0.2) is 0 Å². The molecule has 0 radical (unpaired) electrons. The van der Waals surface area contributed by atoms with E-state index in [1.165, 1.54) is 18.3 Å². The highest BCUT2D eigenvalue weighted by Gasteiger charge is 2.36. The number of amides is 1. The lowest BCUT2D eigenvalue weighted by Gasteiger charge is -2.36. The van der Waals surface area contributed by atoms with Crippen LogP contribution in [-0.2, 0) is 6.42 Å². The average Bonchev–Trinajstić information content (AvgIpc) is 3.05. The van der Waals surface area contributed by atoms with E-state index < -0.39 is 0 Å². The molecule has 27 heavy (non-hydrogen) atoms. The zero-order valence-electron chi connectivity index (χ0n) is 15.4. The van der Waals surface area contributed by atoms with Gasteiger partial charge in [0.2, 0.25) is 5.56 Å². The highest BCUT2D eigenvalue weighted by atomic mass is 16.2. The first kappa shape index (κ1) is 17.3. The molecule has 0 aliphatic heterocycles. The molecule has 0 bridgehead atoms. The molecule has 2 heterocycles. The number of hydrogen-bond donors (Lipinski definition) is 2. The molecular weight excluding hydrogens is 340 g/mol. The third kappa shape index (κ3) is 3.43. The van der Waals surface area contributed by atoms with Gasteiger partial charge in [-0.05, 0) is 36.5 Å². The number of aromatic nitrogens is 3. The van der Waals surface area contributed by atoms with Crippen molar-refractivity contribution >= 4 is 5.91 Å². The Kier molecular flexibility index (Phi) is 4.18. The van der Waals surface area contributed by atoms with Crippen LogP contribution in [0.15, 0.2) is 59.7 Å². The molecular formula is C21H22N4O2. The molecule has 0 saturated heterocycles. The number of nitrogens with one attached hydrogen (secondary N) is 2. The van der Waals surface area contributed by atoms with E-state index in [9.17, 15) is 9.59 Å². The summed E-state index contributed by atoms with van der Waals surface area (Å²) in [6.07, 6.45) is 5.02. The maximum atomic E-state index is 12.7. The minimum Gasteiger partial charge on any atom is -0.345 e. The number of hydrogen-bond acceptors (Lipinski definition) is 3. The molecule has 138 valence electrons. The van der Waals surface area contributed by atoms with Crippen molar-refractivity contribution in [2.24, 2.45) is 5.41 Å². The first-order valence-corrected chi connectivity index (χ1v) is 9.05. The Morgan fingerprint density at radius 3 is 2.70 bits per heavy atom. The van der Waals surface area contributed by atoms with Crippen LogP contribution in [0.5, 0.6) is 0 Å². The second kappa shape index (κ2) is 6.54. The van der Waals surface area contributed by atoms with Gasteiger partial charge >= 0.3 is 0 Å². The SMILES string of the molecule is CC1(C)Cc2c(cnn2-c2ccccc2)[C@@H](NC(=O)c2ccc(=O)[nH]c2)C1. The molecule has 2 N–H and O–H groups in total. The van der Waals surface area contributed by atoms with Crippen molar-refractivity contribution in [3.8, 4) is 5.69 Å². The molecule has 1 aliphatic rings. The highest BCUT2D eigenvalue weighted by molar-refractivity contribution is 5.94. The molecule has 1 amide bonds. The summed E-state index contributed by atoms with van der Waals surface area (Å²) in [5.41, 5.74) is 3.44. The third-order valence-corrected chi connectivity index (χ3v) is 5.03. The number of carbonyl (C=O) groups is 1. The van der Waals surface area contributed by atoms with Crippen LogP contribution in [0.25, 0.3) is 5.69 Å². The van der Waals surface area contributed by atoms with Gasteiger partial charge in [-0.15, -0.1) is 0 Å². The first-order valence-electron chi connectivity index (χ1n) is 9.05. The van der Waals surface area contributed by atoms with E-state index >= 15 is 0 Å². The number of fused-ring (bicyclic) bond motifs is 1. The zero-order valence-corrected chi connectivity index (χ0v) is 15.4. The first-order chi connectivity index (χ1) is 12.9. The fourth-order valence-electron chi connectivity index (χ4n) is 3.76. The zero-order chi connectivity index (χ0) is 19.0. The smallest absolute Gasteiger partial charge is 0.253 e. The van der Waals surface area contributed by atoms with E-state index in [2.05, 4.69) is 29.2 Å². The summed E-state index contributed by atoms with van der Waals surface area (Å²) in [4.78, 5) is 26.4. The summed E-state index contributed by atoms with van der Waals surface area (Å²) in [7, 11) is 0. The number of para-hydroxylation sites is 1. The van der Waals surface area contributed by atoms with Crippen LogP contribution in [-0.4, -0.2) is 20.7 Å². The topological polar surface area (TPSA) is 79.8 Å². The van der Waals surface area contributed by atoms with Gasteiger partial charge in [-0.2, -0.15) is 5.10 Å². The van der Waals surface area contributed by atoms with E-state index in [0.29, 0.717) is 5.56 Å². The summed E-state index contributed by atoms with van der Waals surface area (Å²) < 4.78 is 1.97. The summed E-state index contributed by atoms with van der Waals surface area (Å²) in [5, 5.41) is 7.71. The second-order valence-corrected chi connectivity index (χ2v) is 7.81. The monoisotopic (exact) mass is 362 g/mol. The van der Waals surface area contributed by atoms with Gasteiger partial charge in [-0.25, -0.2) is 4.68 Å². The molecule has 2 aromatic heterocycles. The number of pyridine rings is 1. The Bertz CT molecular complexity index is 1010. The number of nitrogens with zero attached hydrogens (tertiary/aromatic N) is 2. The molecule has 4 rings (SSSR count). The average molecular weight is 362 g/mol. The Balaban J connectivity index is 1.67. The second-order valence-electron chi connectivity index (χ2n) is 7.81. The van der Waals surface area contributed by atoms with Crippen molar-refractivity contribution in [1.82, 2.24) is 20.1 Å². The lowest BCUT2D eigenvalue weighted by atomic mass is 9.74. The van der Waals surface area contributed by atoms with Crippen LogP contribution >= 0.6 is 0 Å². The molecule has 1 aromatic carbocycles. The number of aromatic amines is 1. The largest absolute Gasteiger partial charge is 0.345 e. The summed E-state index contributed by atoms with van der Waals surface area (Å²) in [6, 6.07) is 12.8. The maximum Gasteiger partial charge on any atom is 0.253 e. The number of rotatable bonds is 3. The molecule has 6 nitrogen and oxygen atoms in total. The van der Waals surface area contributed by atoms with Crippen molar-refractivity contribution in [3.63, 3.8) is 0 Å².